The van der Waals surface area contributed by atoms with E-state index in [0.717, 1.165) is 18.7 Å². The molecule has 1 N–H and O–H groups in total. The summed E-state index contributed by atoms with van der Waals surface area (Å²) >= 11 is 0. The number of hydrogen-bond donors (Lipinski definition) is 1. The standard InChI is InChI=1S/C12H16N2O/c1-3-11-8-10(9-14-7-6-13)4-5-12(11)15-2/h4-5,8,14H,3,7,9H2,1-2H3. The largest absolute Gasteiger partial charge is 0.496 e. The molecule has 3 nitrogen and oxygen atoms in total. The fraction of sp³-hybridized carbons (Fsp3) is 0.417. The van der Waals surface area contributed by atoms with Crippen molar-refractivity contribution in [3.8, 4) is 11.8 Å². The normalized spacial score (nSPS) is 9.67. The lowest BCUT2D eigenvalue weighted by Gasteiger charge is -2.09. The fourth-order valence-electron chi connectivity index (χ4n) is 1.48. The van der Waals surface area contributed by atoms with Crippen LogP contribution in [0.4, 0.5) is 0 Å². The van der Waals surface area contributed by atoms with E-state index in [4.69, 9.17) is 10.00 Å². The van der Waals surface area contributed by atoms with E-state index in [1.165, 1.54) is 11.1 Å². The molecule has 0 amide bonds. The first kappa shape index (κ1) is 11.5. The van der Waals surface area contributed by atoms with Crippen molar-refractivity contribution >= 4 is 0 Å². The monoisotopic (exact) mass is 204 g/mol. The van der Waals surface area contributed by atoms with Crippen molar-refractivity contribution in [3.05, 3.63) is 29.3 Å². The predicted octanol–water partition coefficient (Wildman–Crippen LogP) is 1.87. The minimum absolute atomic E-state index is 0.382. The Kier molecular flexibility index (Phi) is 4.65. The van der Waals surface area contributed by atoms with E-state index in [1.54, 1.807) is 7.11 Å². The van der Waals surface area contributed by atoms with Gasteiger partial charge in [-0.2, -0.15) is 5.26 Å². The molecule has 0 unspecified atom stereocenters. The molecule has 0 bridgehead atoms. The molecule has 1 aromatic carbocycles. The smallest absolute Gasteiger partial charge is 0.122 e. The van der Waals surface area contributed by atoms with E-state index in [0.29, 0.717) is 6.54 Å². The molecule has 3 heteroatoms. The molecule has 0 saturated heterocycles. The average molecular weight is 204 g/mol. The molecule has 1 rings (SSSR count). The number of methoxy groups -OCH3 is 1. The Bertz CT molecular complexity index is 355. The van der Waals surface area contributed by atoms with Crippen LogP contribution in [-0.4, -0.2) is 13.7 Å². The number of ether oxygens (including phenoxy) is 1. The molecular formula is C12H16N2O. The maximum Gasteiger partial charge on any atom is 0.122 e. The van der Waals surface area contributed by atoms with Crippen LogP contribution >= 0.6 is 0 Å². The van der Waals surface area contributed by atoms with Gasteiger partial charge in [-0.05, 0) is 23.6 Å². The van der Waals surface area contributed by atoms with Crippen LogP contribution in [0, 0.1) is 11.3 Å². The second-order valence-electron chi connectivity index (χ2n) is 3.26. The third-order valence-corrected chi connectivity index (χ3v) is 2.26. The van der Waals surface area contributed by atoms with E-state index in [1.807, 2.05) is 12.1 Å². The summed E-state index contributed by atoms with van der Waals surface area (Å²) < 4.78 is 5.24. The molecule has 0 spiro atoms. The molecule has 1 aromatic rings. The van der Waals surface area contributed by atoms with Gasteiger partial charge in [0.25, 0.3) is 0 Å². The van der Waals surface area contributed by atoms with Gasteiger partial charge < -0.3 is 10.1 Å². The van der Waals surface area contributed by atoms with Crippen LogP contribution < -0.4 is 10.1 Å². The van der Waals surface area contributed by atoms with Crippen molar-refractivity contribution in [2.24, 2.45) is 0 Å². The van der Waals surface area contributed by atoms with Crippen LogP contribution in [0.2, 0.25) is 0 Å². The second-order valence-corrected chi connectivity index (χ2v) is 3.26. The minimum Gasteiger partial charge on any atom is -0.496 e. The van der Waals surface area contributed by atoms with Crippen molar-refractivity contribution < 1.29 is 4.74 Å². The zero-order valence-electron chi connectivity index (χ0n) is 9.21. The number of benzene rings is 1. The summed E-state index contributed by atoms with van der Waals surface area (Å²) in [5, 5.41) is 11.4. The molecule has 80 valence electrons. The number of hydrogen-bond acceptors (Lipinski definition) is 3. The number of nitrogens with one attached hydrogen (secondary N) is 1. The van der Waals surface area contributed by atoms with E-state index in [9.17, 15) is 0 Å². The minimum atomic E-state index is 0.382. The maximum absolute atomic E-state index is 8.39. The number of nitriles is 1. The third-order valence-electron chi connectivity index (χ3n) is 2.26. The lowest BCUT2D eigenvalue weighted by atomic mass is 10.1. The third kappa shape index (κ3) is 3.26. The highest BCUT2D eigenvalue weighted by Gasteiger charge is 2.01. The molecule has 0 saturated carbocycles. The van der Waals surface area contributed by atoms with E-state index >= 15 is 0 Å². The number of rotatable bonds is 5. The first-order valence-electron chi connectivity index (χ1n) is 5.05. The fourth-order valence-corrected chi connectivity index (χ4v) is 1.48. The SMILES string of the molecule is CCc1cc(CNCC#N)ccc1OC. The highest BCUT2D eigenvalue weighted by Crippen LogP contribution is 2.20. The lowest BCUT2D eigenvalue weighted by molar-refractivity contribution is 0.410. The number of aryl methyl sites for hydroxylation is 1. The van der Waals surface area contributed by atoms with Crippen LogP contribution in [0.15, 0.2) is 18.2 Å². The van der Waals surface area contributed by atoms with Crippen LogP contribution in [0.3, 0.4) is 0 Å². The van der Waals surface area contributed by atoms with Gasteiger partial charge in [0, 0.05) is 6.54 Å². The molecule has 0 radical (unpaired) electrons. The zero-order valence-corrected chi connectivity index (χ0v) is 9.21. The topological polar surface area (TPSA) is 45.0 Å². The van der Waals surface area contributed by atoms with Crippen LogP contribution in [0.25, 0.3) is 0 Å². The van der Waals surface area contributed by atoms with Crippen molar-refractivity contribution in [1.29, 1.82) is 5.26 Å². The van der Waals surface area contributed by atoms with Crippen molar-refractivity contribution in [2.75, 3.05) is 13.7 Å². The Labute approximate surface area is 90.7 Å². The summed E-state index contributed by atoms with van der Waals surface area (Å²) in [4.78, 5) is 0. The summed E-state index contributed by atoms with van der Waals surface area (Å²) in [5.74, 6) is 0.932. The Morgan fingerprint density at radius 1 is 1.47 bits per heavy atom. The second kappa shape index (κ2) is 6.05. The molecule has 0 fully saturated rings. The number of nitrogens with zero attached hydrogens (tertiary/aromatic N) is 1. The first-order valence-corrected chi connectivity index (χ1v) is 5.05. The van der Waals surface area contributed by atoms with Crippen LogP contribution in [-0.2, 0) is 13.0 Å². The summed E-state index contributed by atoms with van der Waals surface area (Å²) in [7, 11) is 1.68. The zero-order chi connectivity index (χ0) is 11.1. The van der Waals surface area contributed by atoms with Gasteiger partial charge in [0.15, 0.2) is 0 Å². The van der Waals surface area contributed by atoms with E-state index < -0.39 is 0 Å². The Hall–Kier alpha value is -1.53. The van der Waals surface area contributed by atoms with E-state index in [-0.39, 0.29) is 0 Å². The van der Waals surface area contributed by atoms with Crippen LogP contribution in [0.5, 0.6) is 5.75 Å². The first-order chi connectivity index (χ1) is 7.31. The van der Waals surface area contributed by atoms with Crippen molar-refractivity contribution in [1.82, 2.24) is 5.32 Å². The molecule has 0 aliphatic rings. The molecule has 0 aromatic heterocycles. The highest BCUT2D eigenvalue weighted by atomic mass is 16.5. The molecule has 0 atom stereocenters. The molecule has 0 aliphatic heterocycles. The Morgan fingerprint density at radius 2 is 2.27 bits per heavy atom. The predicted molar refractivity (Wildman–Crippen MR) is 59.7 cm³/mol. The Morgan fingerprint density at radius 3 is 2.87 bits per heavy atom. The van der Waals surface area contributed by atoms with Crippen molar-refractivity contribution in [2.45, 2.75) is 19.9 Å². The summed E-state index contributed by atoms with van der Waals surface area (Å²) in [6.45, 7) is 3.21. The van der Waals surface area contributed by atoms with E-state index in [2.05, 4.69) is 24.4 Å². The van der Waals surface area contributed by atoms with Crippen molar-refractivity contribution in [3.63, 3.8) is 0 Å². The van der Waals surface area contributed by atoms with Gasteiger partial charge in [0.1, 0.15) is 5.75 Å². The van der Waals surface area contributed by atoms with Gasteiger partial charge in [0.05, 0.1) is 19.7 Å². The summed E-state index contributed by atoms with van der Waals surface area (Å²) in [6, 6.07) is 8.16. The average Bonchev–Trinajstić information content (AvgIpc) is 2.29. The van der Waals surface area contributed by atoms with Gasteiger partial charge in [-0.3, -0.25) is 0 Å². The van der Waals surface area contributed by atoms with Gasteiger partial charge >= 0.3 is 0 Å². The molecule has 0 aliphatic carbocycles. The van der Waals surface area contributed by atoms with Gasteiger partial charge in [0.2, 0.25) is 0 Å². The lowest BCUT2D eigenvalue weighted by Crippen LogP contribution is -2.13. The van der Waals surface area contributed by atoms with Gasteiger partial charge in [-0.15, -0.1) is 0 Å². The molecule has 0 heterocycles. The van der Waals surface area contributed by atoms with Gasteiger partial charge in [-0.25, -0.2) is 0 Å². The highest BCUT2D eigenvalue weighted by molar-refractivity contribution is 5.37. The van der Waals surface area contributed by atoms with Gasteiger partial charge in [-0.1, -0.05) is 19.1 Å². The van der Waals surface area contributed by atoms with Crippen LogP contribution in [0.1, 0.15) is 18.1 Å². The Balaban J connectivity index is 2.71. The molecular weight excluding hydrogens is 188 g/mol. The summed E-state index contributed by atoms with van der Waals surface area (Å²) in [5.41, 5.74) is 2.39. The maximum atomic E-state index is 8.39. The summed E-state index contributed by atoms with van der Waals surface area (Å²) in [6.07, 6.45) is 0.954. The molecule has 15 heavy (non-hydrogen) atoms. The quantitative estimate of drug-likeness (QED) is 0.588.